The number of aromatic nitrogens is 1. The fourth-order valence-electron chi connectivity index (χ4n) is 2.94. The molecule has 0 spiro atoms. The first-order chi connectivity index (χ1) is 12.1. The summed E-state index contributed by atoms with van der Waals surface area (Å²) in [4.78, 5) is 16.2. The second-order valence-corrected chi connectivity index (χ2v) is 5.71. The fraction of sp³-hybridized carbons (Fsp3) is 0.111. The second kappa shape index (κ2) is 5.83. The zero-order chi connectivity index (χ0) is 17.4. The monoisotopic (exact) mass is 336 g/mol. The highest BCUT2D eigenvalue weighted by Gasteiger charge is 2.21. The maximum Gasteiger partial charge on any atom is 0.433 e. The first-order valence-corrected chi connectivity index (χ1v) is 7.65. The smallest absolute Gasteiger partial charge is 0.342 e. The molecule has 25 heavy (non-hydrogen) atoms. The summed E-state index contributed by atoms with van der Waals surface area (Å²) in [6, 6.07) is 14.0. The van der Waals surface area contributed by atoms with Gasteiger partial charge in [0.2, 0.25) is 0 Å². The van der Waals surface area contributed by atoms with Gasteiger partial charge in [-0.25, -0.2) is 9.18 Å². The zero-order valence-electron chi connectivity index (χ0n) is 13.1. The number of anilines is 1. The molecule has 0 aliphatic carbocycles. The lowest BCUT2D eigenvalue weighted by atomic mass is 10.1. The van der Waals surface area contributed by atoms with Crippen LogP contribution in [0.4, 0.5) is 14.9 Å². The highest BCUT2D eigenvalue weighted by molar-refractivity contribution is 5.89. The van der Waals surface area contributed by atoms with Crippen LogP contribution in [0.1, 0.15) is 11.1 Å². The van der Waals surface area contributed by atoms with Crippen molar-refractivity contribution >= 4 is 22.7 Å². The number of carbonyl (C=O) groups is 1. The average Bonchev–Trinajstić information content (AvgIpc) is 3.18. The molecule has 3 aromatic rings. The summed E-state index contributed by atoms with van der Waals surface area (Å²) in [5, 5.41) is 14.1. The van der Waals surface area contributed by atoms with Crippen molar-refractivity contribution in [1.82, 2.24) is 9.88 Å². The predicted octanol–water partition coefficient (Wildman–Crippen LogP) is 3.12. The van der Waals surface area contributed by atoms with E-state index in [1.165, 1.54) is 17.2 Å². The van der Waals surface area contributed by atoms with Crippen LogP contribution in [-0.4, -0.2) is 17.3 Å². The minimum Gasteiger partial charge on any atom is -0.342 e. The van der Waals surface area contributed by atoms with Gasteiger partial charge in [-0.2, -0.15) is 10.3 Å². The Morgan fingerprint density at radius 2 is 2.16 bits per heavy atom. The number of nitrogens with one attached hydrogen (secondary N) is 1. The van der Waals surface area contributed by atoms with Gasteiger partial charge in [0.15, 0.2) is 0 Å². The van der Waals surface area contributed by atoms with Gasteiger partial charge in [-0.15, -0.1) is 0 Å². The van der Waals surface area contributed by atoms with Gasteiger partial charge in [0, 0.05) is 23.6 Å². The molecule has 2 aromatic carbocycles. The Kier molecular flexibility index (Phi) is 3.51. The number of hydrogen-bond acceptors (Lipinski definition) is 4. The van der Waals surface area contributed by atoms with Crippen LogP contribution in [0, 0.1) is 17.1 Å². The third kappa shape index (κ3) is 2.74. The molecule has 2 heterocycles. The number of hydrogen-bond donors (Lipinski definition) is 1. The normalized spacial score (nSPS) is 13.6. The molecule has 1 fully saturated rings. The Labute approximate surface area is 142 Å². The van der Waals surface area contributed by atoms with Crippen molar-refractivity contribution in [2.75, 3.05) is 11.7 Å². The molecule has 0 radical (unpaired) electrons. The van der Waals surface area contributed by atoms with E-state index in [4.69, 9.17) is 4.84 Å². The topological polar surface area (TPSA) is 70.3 Å². The summed E-state index contributed by atoms with van der Waals surface area (Å²) < 4.78 is 15.3. The third-order valence-corrected chi connectivity index (χ3v) is 4.08. The Hall–Kier alpha value is -3.53. The lowest BCUT2D eigenvalue weighted by Gasteiger charge is -2.13. The van der Waals surface area contributed by atoms with E-state index in [1.54, 1.807) is 18.3 Å². The maximum absolute atomic E-state index is 13.4. The minimum absolute atomic E-state index is 0.246. The maximum atomic E-state index is 13.4. The lowest BCUT2D eigenvalue weighted by molar-refractivity contribution is 0.166. The van der Waals surface area contributed by atoms with Crippen LogP contribution in [0.15, 0.2) is 48.7 Å². The van der Waals surface area contributed by atoms with Gasteiger partial charge >= 0.3 is 6.09 Å². The number of benzene rings is 2. The van der Waals surface area contributed by atoms with Crippen molar-refractivity contribution in [2.45, 2.75) is 6.54 Å². The van der Waals surface area contributed by atoms with Gasteiger partial charge < -0.3 is 9.40 Å². The molecule has 4 rings (SSSR count). The summed E-state index contributed by atoms with van der Waals surface area (Å²) in [5.74, 6) is -0.292. The summed E-state index contributed by atoms with van der Waals surface area (Å²) in [5.41, 5.74) is 2.84. The van der Waals surface area contributed by atoms with Crippen molar-refractivity contribution < 1.29 is 14.0 Å². The number of nitrogens with zero attached hydrogens (tertiary/aromatic N) is 3. The van der Waals surface area contributed by atoms with Crippen molar-refractivity contribution in [3.63, 3.8) is 0 Å². The van der Waals surface area contributed by atoms with Crippen molar-refractivity contribution in [3.05, 3.63) is 65.6 Å². The summed E-state index contributed by atoms with van der Waals surface area (Å²) >= 11 is 0. The molecule has 0 saturated carbocycles. The molecule has 1 aliphatic rings. The van der Waals surface area contributed by atoms with Crippen molar-refractivity contribution in [1.29, 1.82) is 5.26 Å². The molecule has 1 N–H and O–H groups in total. The lowest BCUT2D eigenvalue weighted by Crippen LogP contribution is -2.19. The second-order valence-electron chi connectivity index (χ2n) is 5.71. The molecule has 6 nitrogen and oxygen atoms in total. The molecule has 0 bridgehead atoms. The molecule has 1 saturated heterocycles. The van der Waals surface area contributed by atoms with Gasteiger partial charge in [0.05, 0.1) is 11.3 Å². The van der Waals surface area contributed by atoms with Crippen LogP contribution in [0.3, 0.4) is 0 Å². The van der Waals surface area contributed by atoms with E-state index in [0.29, 0.717) is 17.8 Å². The molecule has 7 heteroatoms. The van der Waals surface area contributed by atoms with Gasteiger partial charge in [0.1, 0.15) is 18.6 Å². The number of amides is 1. The standard InChI is InChI=1S/C18H13FN4O2/c19-14-3-1-2-12(6-14)9-22-10-13(8-20)16-7-15(4-5-17(16)22)23-11-21-18(24)25-23/h1-7,10H,9,11H2,(H,21,24). The van der Waals surface area contributed by atoms with Crippen molar-refractivity contribution in [3.8, 4) is 6.07 Å². The zero-order valence-corrected chi connectivity index (χ0v) is 13.1. The van der Waals surface area contributed by atoms with Crippen LogP contribution < -0.4 is 10.4 Å². The SMILES string of the molecule is N#Cc1cn(Cc2cccc(F)c2)c2ccc(N3CNC(=O)O3)cc12. The fourth-order valence-corrected chi connectivity index (χ4v) is 2.94. The van der Waals surface area contributed by atoms with E-state index in [-0.39, 0.29) is 12.5 Å². The molecule has 1 amide bonds. The molecular weight excluding hydrogens is 323 g/mol. The highest BCUT2D eigenvalue weighted by atomic mass is 19.1. The van der Waals surface area contributed by atoms with Gasteiger partial charge in [-0.3, -0.25) is 5.32 Å². The van der Waals surface area contributed by atoms with E-state index in [9.17, 15) is 14.4 Å². The molecule has 0 unspecified atom stereocenters. The van der Waals surface area contributed by atoms with Crippen LogP contribution in [0.2, 0.25) is 0 Å². The largest absolute Gasteiger partial charge is 0.433 e. The van der Waals surface area contributed by atoms with Crippen LogP contribution in [0.5, 0.6) is 0 Å². The first-order valence-electron chi connectivity index (χ1n) is 7.65. The Balaban J connectivity index is 1.74. The summed E-state index contributed by atoms with van der Waals surface area (Å²) in [6.45, 7) is 0.700. The number of hydroxylamine groups is 1. The van der Waals surface area contributed by atoms with E-state index < -0.39 is 6.09 Å². The molecule has 0 atom stereocenters. The number of carbonyl (C=O) groups excluding carboxylic acids is 1. The van der Waals surface area contributed by atoms with E-state index in [1.807, 2.05) is 22.8 Å². The van der Waals surface area contributed by atoms with Gasteiger partial charge in [-0.1, -0.05) is 12.1 Å². The quantitative estimate of drug-likeness (QED) is 0.798. The number of nitriles is 1. The van der Waals surface area contributed by atoms with Crippen LogP contribution in [-0.2, 0) is 11.4 Å². The molecular formula is C18H13FN4O2. The Bertz CT molecular complexity index is 1020. The van der Waals surface area contributed by atoms with Gasteiger partial charge in [-0.05, 0) is 35.9 Å². The van der Waals surface area contributed by atoms with Gasteiger partial charge in [0.25, 0.3) is 0 Å². The highest BCUT2D eigenvalue weighted by Crippen LogP contribution is 2.28. The summed E-state index contributed by atoms with van der Waals surface area (Å²) in [7, 11) is 0. The van der Waals surface area contributed by atoms with E-state index >= 15 is 0 Å². The van der Waals surface area contributed by atoms with Crippen LogP contribution >= 0.6 is 0 Å². The number of halogens is 1. The van der Waals surface area contributed by atoms with E-state index in [0.717, 1.165) is 16.5 Å². The first kappa shape index (κ1) is 15.0. The predicted molar refractivity (Wildman–Crippen MR) is 89.1 cm³/mol. The number of fused-ring (bicyclic) bond motifs is 1. The third-order valence-electron chi connectivity index (χ3n) is 4.08. The summed E-state index contributed by atoms with van der Waals surface area (Å²) in [6.07, 6.45) is 1.23. The molecule has 124 valence electrons. The Morgan fingerprint density at radius 1 is 1.28 bits per heavy atom. The number of rotatable bonds is 3. The molecule has 1 aliphatic heterocycles. The minimum atomic E-state index is -0.510. The Morgan fingerprint density at radius 3 is 2.88 bits per heavy atom. The van der Waals surface area contributed by atoms with E-state index in [2.05, 4.69) is 11.4 Å². The van der Waals surface area contributed by atoms with Crippen LogP contribution in [0.25, 0.3) is 10.9 Å². The van der Waals surface area contributed by atoms with Crippen molar-refractivity contribution in [2.24, 2.45) is 0 Å². The molecule has 1 aromatic heterocycles. The average molecular weight is 336 g/mol.